The lowest BCUT2D eigenvalue weighted by Gasteiger charge is -2.21. The van der Waals surface area contributed by atoms with Crippen LogP contribution in [0.4, 0.5) is 13.2 Å². The molecule has 0 saturated carbocycles. The Kier molecular flexibility index (Phi) is 19.5. The van der Waals surface area contributed by atoms with Gasteiger partial charge in [-0.3, -0.25) is 0 Å². The molecule has 1 aromatic heterocycles. The largest absolute Gasteiger partial charge is 0.478 e. The van der Waals surface area contributed by atoms with Crippen molar-refractivity contribution in [2.24, 2.45) is 0 Å². The molecule has 0 aliphatic rings. The highest BCUT2D eigenvalue weighted by atomic mass is 19.4. The average Bonchev–Trinajstić information content (AvgIpc) is 3.14. The number of aromatic carboxylic acids is 1. The first-order chi connectivity index (χ1) is 25.1. The van der Waals surface area contributed by atoms with Crippen molar-refractivity contribution in [3.8, 4) is 22.5 Å². The van der Waals surface area contributed by atoms with E-state index in [0.717, 1.165) is 44.1 Å². The van der Waals surface area contributed by atoms with E-state index >= 15 is 0 Å². The lowest BCUT2D eigenvalue weighted by atomic mass is 9.96. The van der Waals surface area contributed by atoms with Crippen LogP contribution in [0.3, 0.4) is 0 Å². The number of esters is 1. The summed E-state index contributed by atoms with van der Waals surface area (Å²) in [5.41, 5.74) is 2.52. The Morgan fingerprint density at radius 2 is 1.15 bits per heavy atom. The number of hydrogen-bond donors (Lipinski definition) is 1. The number of hydrogen-bond acceptors (Lipinski definition) is 5. The van der Waals surface area contributed by atoms with Crippen LogP contribution in [0.15, 0.2) is 54.9 Å². The van der Waals surface area contributed by atoms with Crippen molar-refractivity contribution in [2.75, 3.05) is 0 Å². The molecule has 1 N–H and O–H groups in total. The zero-order valence-corrected chi connectivity index (χ0v) is 31.3. The van der Waals surface area contributed by atoms with E-state index in [-0.39, 0.29) is 17.5 Å². The summed E-state index contributed by atoms with van der Waals surface area (Å²) in [5, 5.41) is 9.88. The first kappa shape index (κ1) is 42.7. The van der Waals surface area contributed by atoms with Crippen LogP contribution in [-0.4, -0.2) is 39.3 Å². The molecule has 1 heterocycles. The molecule has 0 amide bonds. The van der Waals surface area contributed by atoms with Crippen LogP contribution in [0.25, 0.3) is 22.5 Å². The number of ether oxygens (including phenoxy) is 1. The number of aryl methyl sites for hydroxylation is 1. The maximum absolute atomic E-state index is 13.7. The van der Waals surface area contributed by atoms with Crippen molar-refractivity contribution in [3.63, 3.8) is 0 Å². The number of benzene rings is 2. The van der Waals surface area contributed by atoms with Crippen LogP contribution < -0.4 is 0 Å². The van der Waals surface area contributed by atoms with E-state index in [1.807, 2.05) is 12.4 Å². The number of carbonyl (C=O) groups is 2. The number of halogens is 3. The summed E-state index contributed by atoms with van der Waals surface area (Å²) < 4.78 is 45.9. The molecule has 1 atom stereocenters. The summed E-state index contributed by atoms with van der Waals surface area (Å²) >= 11 is 0. The van der Waals surface area contributed by atoms with Crippen LogP contribution in [-0.2, 0) is 11.2 Å². The fourth-order valence-electron chi connectivity index (χ4n) is 6.47. The lowest BCUT2D eigenvalue weighted by molar-refractivity contribution is -0.206. The normalized spacial score (nSPS) is 12.2. The van der Waals surface area contributed by atoms with Gasteiger partial charge in [-0.2, -0.15) is 13.2 Å². The summed E-state index contributed by atoms with van der Waals surface area (Å²) in [4.78, 5) is 33.9. The van der Waals surface area contributed by atoms with Gasteiger partial charge in [0.05, 0.1) is 11.1 Å². The highest BCUT2D eigenvalue weighted by Gasteiger charge is 2.42. The first-order valence-electron chi connectivity index (χ1n) is 19.7. The van der Waals surface area contributed by atoms with Gasteiger partial charge < -0.3 is 9.84 Å². The zero-order valence-electron chi connectivity index (χ0n) is 31.3. The van der Waals surface area contributed by atoms with Gasteiger partial charge in [0.15, 0.2) is 11.9 Å². The molecule has 0 radical (unpaired) electrons. The predicted molar refractivity (Wildman–Crippen MR) is 203 cm³/mol. The van der Waals surface area contributed by atoms with Gasteiger partial charge in [-0.25, -0.2) is 19.6 Å². The molecule has 52 heavy (non-hydrogen) atoms. The Morgan fingerprint density at radius 3 is 1.65 bits per heavy atom. The van der Waals surface area contributed by atoms with E-state index in [1.165, 1.54) is 107 Å². The van der Waals surface area contributed by atoms with Gasteiger partial charge in [-0.05, 0) is 66.6 Å². The molecule has 0 aliphatic carbocycles. The molecule has 6 nitrogen and oxygen atoms in total. The monoisotopic (exact) mass is 724 g/mol. The highest BCUT2D eigenvalue weighted by Crippen LogP contribution is 2.31. The Bertz CT molecular complexity index is 1460. The van der Waals surface area contributed by atoms with Crippen LogP contribution in [0.5, 0.6) is 0 Å². The third kappa shape index (κ3) is 15.5. The Labute approximate surface area is 309 Å². The summed E-state index contributed by atoms with van der Waals surface area (Å²) in [5.74, 6) is -1.75. The van der Waals surface area contributed by atoms with Gasteiger partial charge in [-0.15, -0.1) is 0 Å². The molecule has 0 saturated heterocycles. The highest BCUT2D eigenvalue weighted by molar-refractivity contribution is 5.97. The minimum atomic E-state index is -4.66. The van der Waals surface area contributed by atoms with Crippen molar-refractivity contribution in [1.82, 2.24) is 9.97 Å². The average molecular weight is 725 g/mol. The van der Waals surface area contributed by atoms with Crippen LogP contribution in [0.1, 0.15) is 169 Å². The number of aromatic nitrogens is 2. The van der Waals surface area contributed by atoms with Crippen LogP contribution in [0, 0.1) is 0 Å². The Morgan fingerprint density at radius 1 is 0.673 bits per heavy atom. The molecule has 3 aromatic rings. The first-order valence-corrected chi connectivity index (χ1v) is 19.7. The molecule has 286 valence electrons. The van der Waals surface area contributed by atoms with E-state index < -0.39 is 24.2 Å². The number of nitrogens with zero attached hydrogens (tertiary/aromatic N) is 2. The molecule has 0 unspecified atom stereocenters. The third-order valence-corrected chi connectivity index (χ3v) is 9.65. The topological polar surface area (TPSA) is 89.4 Å². The number of unbranched alkanes of at least 4 members (excludes halogenated alkanes) is 17. The zero-order chi connectivity index (χ0) is 37.6. The molecular formula is C43H59F3N2O4. The summed E-state index contributed by atoms with van der Waals surface area (Å²) in [6, 6.07) is 10.6. The maximum atomic E-state index is 13.7. The van der Waals surface area contributed by atoms with Gasteiger partial charge in [0.1, 0.15) is 0 Å². The van der Waals surface area contributed by atoms with Crippen LogP contribution >= 0.6 is 0 Å². The van der Waals surface area contributed by atoms with Gasteiger partial charge in [0.25, 0.3) is 0 Å². The summed E-state index contributed by atoms with van der Waals surface area (Å²) in [7, 11) is 0. The molecule has 2 aromatic carbocycles. The molecule has 0 fully saturated rings. The fourth-order valence-corrected chi connectivity index (χ4v) is 6.47. The van der Waals surface area contributed by atoms with Crippen molar-refractivity contribution >= 4 is 11.9 Å². The standard InChI is InChI=1S/C43H59F3N2O4/c1-3-5-7-9-11-12-13-14-15-16-17-18-20-22-33-31-47-40(48-32-33)36-28-29-37(41(49)50)38(30-36)34-24-26-35(27-25-34)42(51)52-39(43(44,45)46)23-21-19-10-8-6-4-2/h24-32,39H,3-23H2,1-2H3,(H,49,50)/t39-/m1/s1. The van der Waals surface area contributed by atoms with Crippen LogP contribution in [0.2, 0.25) is 0 Å². The number of rotatable bonds is 26. The second-order valence-electron chi connectivity index (χ2n) is 14.0. The Balaban J connectivity index is 1.53. The minimum absolute atomic E-state index is 0.0363. The lowest BCUT2D eigenvalue weighted by Crippen LogP contribution is -2.33. The number of carbonyl (C=O) groups excluding carboxylic acids is 1. The van der Waals surface area contributed by atoms with E-state index in [4.69, 9.17) is 4.74 Å². The van der Waals surface area contributed by atoms with Gasteiger partial charge in [0, 0.05) is 18.0 Å². The molecular weight excluding hydrogens is 665 g/mol. The molecule has 0 bridgehead atoms. The summed E-state index contributed by atoms with van der Waals surface area (Å²) in [6.07, 6.45) is 19.3. The van der Waals surface area contributed by atoms with E-state index in [9.17, 15) is 27.9 Å². The maximum Gasteiger partial charge on any atom is 0.425 e. The second-order valence-corrected chi connectivity index (χ2v) is 14.0. The van der Waals surface area contributed by atoms with Crippen molar-refractivity contribution in [1.29, 1.82) is 0 Å². The van der Waals surface area contributed by atoms with E-state index in [0.29, 0.717) is 35.4 Å². The number of alkyl halides is 3. The summed E-state index contributed by atoms with van der Waals surface area (Å²) in [6.45, 7) is 4.33. The quantitative estimate of drug-likeness (QED) is 0.0655. The molecule has 0 spiro atoms. The smallest absolute Gasteiger partial charge is 0.425 e. The Hall–Kier alpha value is -3.75. The van der Waals surface area contributed by atoms with Gasteiger partial charge in [-0.1, -0.05) is 141 Å². The van der Waals surface area contributed by atoms with Gasteiger partial charge >= 0.3 is 18.1 Å². The fraction of sp³-hybridized carbons (Fsp3) is 0.581. The SMILES string of the molecule is CCCCCCCCCCCCCCCc1cnc(-c2ccc(C(=O)O)c(-c3ccc(C(=O)O[C@H](CCCCCCCC)C(F)(F)F)cc3)c2)nc1. The van der Waals surface area contributed by atoms with Crippen molar-refractivity contribution in [2.45, 2.75) is 161 Å². The third-order valence-electron chi connectivity index (χ3n) is 9.65. The van der Waals surface area contributed by atoms with Gasteiger partial charge in [0.2, 0.25) is 0 Å². The molecule has 9 heteroatoms. The van der Waals surface area contributed by atoms with Crippen molar-refractivity contribution in [3.05, 3.63) is 71.5 Å². The van der Waals surface area contributed by atoms with E-state index in [2.05, 4.69) is 23.8 Å². The number of carboxylic acids is 1. The van der Waals surface area contributed by atoms with E-state index in [1.54, 1.807) is 12.1 Å². The van der Waals surface area contributed by atoms with Crippen molar-refractivity contribution < 1.29 is 32.6 Å². The number of carboxylic acid groups (broad SMARTS) is 1. The molecule has 0 aliphatic heterocycles. The molecule has 3 rings (SSSR count). The predicted octanol–water partition coefficient (Wildman–Crippen LogP) is 13.0. The minimum Gasteiger partial charge on any atom is -0.478 e. The second kappa shape index (κ2) is 23.7.